The van der Waals surface area contributed by atoms with Crippen LogP contribution in [-0.4, -0.2) is 5.11 Å². The molecular formula is C14H9Br2IO. The molecule has 0 spiro atoms. The van der Waals surface area contributed by atoms with Crippen LogP contribution in [0.4, 0.5) is 0 Å². The summed E-state index contributed by atoms with van der Waals surface area (Å²) in [6, 6.07) is 11.9. The average Bonchev–Trinajstić information content (AvgIpc) is 2.35. The molecule has 0 amide bonds. The predicted octanol–water partition coefficient (Wildman–Crippen LogP) is 5.69. The van der Waals surface area contributed by atoms with Crippen molar-refractivity contribution in [3.63, 3.8) is 0 Å². The van der Waals surface area contributed by atoms with Crippen molar-refractivity contribution >= 4 is 66.6 Å². The van der Waals surface area contributed by atoms with E-state index < -0.39 is 0 Å². The van der Waals surface area contributed by atoms with Crippen LogP contribution in [0.2, 0.25) is 0 Å². The standard InChI is InChI=1S/C14H9Br2IO/c15-11-7-9(8-12(16)14(11)18)5-6-10-3-1-2-4-13(10)17/h1-8,18H/b6-5+. The molecule has 2 aromatic carbocycles. The van der Waals surface area contributed by atoms with Crippen molar-refractivity contribution in [3.8, 4) is 5.75 Å². The first-order valence-corrected chi connectivity index (χ1v) is 7.85. The molecule has 0 aliphatic rings. The van der Waals surface area contributed by atoms with Gasteiger partial charge >= 0.3 is 0 Å². The Hall–Kier alpha value is -0.330. The lowest BCUT2D eigenvalue weighted by Crippen LogP contribution is -1.79. The zero-order chi connectivity index (χ0) is 13.1. The number of phenols is 1. The third-order valence-electron chi connectivity index (χ3n) is 2.40. The first-order valence-electron chi connectivity index (χ1n) is 5.18. The molecule has 92 valence electrons. The summed E-state index contributed by atoms with van der Waals surface area (Å²) in [5.41, 5.74) is 2.20. The van der Waals surface area contributed by atoms with Crippen molar-refractivity contribution in [2.45, 2.75) is 0 Å². The normalized spacial score (nSPS) is 11.1. The minimum absolute atomic E-state index is 0.224. The van der Waals surface area contributed by atoms with E-state index in [0.717, 1.165) is 5.56 Å². The number of phenolic OH excluding ortho intramolecular Hbond substituents is 1. The molecule has 0 saturated carbocycles. The molecule has 0 aliphatic carbocycles. The van der Waals surface area contributed by atoms with E-state index in [1.807, 2.05) is 30.3 Å². The molecule has 0 aromatic heterocycles. The van der Waals surface area contributed by atoms with Gasteiger partial charge in [0.25, 0.3) is 0 Å². The van der Waals surface area contributed by atoms with Crippen LogP contribution in [0.5, 0.6) is 5.75 Å². The van der Waals surface area contributed by atoms with Gasteiger partial charge in [-0.25, -0.2) is 0 Å². The summed E-state index contributed by atoms with van der Waals surface area (Å²) in [4.78, 5) is 0. The van der Waals surface area contributed by atoms with Crippen molar-refractivity contribution in [1.29, 1.82) is 0 Å². The van der Waals surface area contributed by atoms with Crippen LogP contribution in [0, 0.1) is 3.57 Å². The molecule has 0 saturated heterocycles. The van der Waals surface area contributed by atoms with Crippen LogP contribution >= 0.6 is 54.5 Å². The SMILES string of the molecule is Oc1c(Br)cc(/C=C/c2ccccc2I)cc1Br. The van der Waals surface area contributed by atoms with E-state index in [0.29, 0.717) is 8.95 Å². The van der Waals surface area contributed by atoms with E-state index in [2.05, 4.69) is 72.7 Å². The Balaban J connectivity index is 2.33. The molecule has 0 heterocycles. The Morgan fingerprint density at radius 2 is 1.61 bits per heavy atom. The lowest BCUT2D eigenvalue weighted by atomic mass is 10.1. The summed E-state index contributed by atoms with van der Waals surface area (Å²) in [5, 5.41) is 9.64. The monoisotopic (exact) mass is 478 g/mol. The molecule has 1 N–H and O–H groups in total. The summed E-state index contributed by atoms with van der Waals surface area (Å²) in [7, 11) is 0. The third kappa shape index (κ3) is 3.36. The maximum absolute atomic E-state index is 9.64. The van der Waals surface area contributed by atoms with Gasteiger partial charge in [0.1, 0.15) is 5.75 Å². The minimum Gasteiger partial charge on any atom is -0.506 e. The number of hydrogen-bond donors (Lipinski definition) is 1. The molecule has 2 aromatic rings. The number of benzene rings is 2. The largest absolute Gasteiger partial charge is 0.506 e. The fraction of sp³-hybridized carbons (Fsp3) is 0. The second-order valence-corrected chi connectivity index (χ2v) is 6.56. The van der Waals surface area contributed by atoms with Gasteiger partial charge in [-0.05, 0) is 83.8 Å². The van der Waals surface area contributed by atoms with Gasteiger partial charge in [-0.2, -0.15) is 0 Å². The van der Waals surface area contributed by atoms with E-state index >= 15 is 0 Å². The summed E-state index contributed by atoms with van der Waals surface area (Å²) >= 11 is 8.96. The maximum atomic E-state index is 9.64. The van der Waals surface area contributed by atoms with Gasteiger partial charge in [0.15, 0.2) is 0 Å². The fourth-order valence-electron chi connectivity index (χ4n) is 1.48. The first kappa shape index (κ1) is 14.1. The van der Waals surface area contributed by atoms with Crippen LogP contribution in [0.3, 0.4) is 0 Å². The third-order valence-corrected chi connectivity index (χ3v) is 4.59. The number of halogens is 3. The first-order chi connectivity index (χ1) is 8.58. The Morgan fingerprint density at radius 3 is 2.22 bits per heavy atom. The van der Waals surface area contributed by atoms with E-state index in [-0.39, 0.29) is 5.75 Å². The Bertz CT molecular complexity index is 585. The number of rotatable bonds is 2. The molecule has 2 rings (SSSR count). The van der Waals surface area contributed by atoms with Gasteiger partial charge in [0, 0.05) is 3.57 Å². The summed E-state index contributed by atoms with van der Waals surface area (Å²) in [5.74, 6) is 0.224. The van der Waals surface area contributed by atoms with Crippen molar-refractivity contribution in [3.05, 3.63) is 60.0 Å². The smallest absolute Gasteiger partial charge is 0.143 e. The summed E-state index contributed by atoms with van der Waals surface area (Å²) in [6.45, 7) is 0. The molecule has 0 radical (unpaired) electrons. The molecule has 0 bridgehead atoms. The van der Waals surface area contributed by atoms with Crippen LogP contribution in [0.15, 0.2) is 45.3 Å². The zero-order valence-electron chi connectivity index (χ0n) is 9.20. The van der Waals surface area contributed by atoms with Crippen molar-refractivity contribution in [2.24, 2.45) is 0 Å². The second-order valence-electron chi connectivity index (χ2n) is 3.69. The van der Waals surface area contributed by atoms with Crippen LogP contribution in [0.25, 0.3) is 12.2 Å². The molecule has 0 unspecified atom stereocenters. The van der Waals surface area contributed by atoms with E-state index in [9.17, 15) is 5.11 Å². The van der Waals surface area contributed by atoms with Crippen molar-refractivity contribution < 1.29 is 5.11 Å². The lowest BCUT2D eigenvalue weighted by molar-refractivity contribution is 0.468. The van der Waals surface area contributed by atoms with E-state index in [1.54, 1.807) is 0 Å². The van der Waals surface area contributed by atoms with Gasteiger partial charge in [-0.1, -0.05) is 30.4 Å². The molecule has 4 heteroatoms. The zero-order valence-corrected chi connectivity index (χ0v) is 14.5. The lowest BCUT2D eigenvalue weighted by Gasteiger charge is -2.02. The minimum atomic E-state index is 0.224. The van der Waals surface area contributed by atoms with Crippen LogP contribution < -0.4 is 0 Å². The van der Waals surface area contributed by atoms with E-state index in [1.165, 1.54) is 9.13 Å². The maximum Gasteiger partial charge on any atom is 0.143 e. The fourth-order valence-corrected chi connectivity index (χ4v) is 3.27. The highest BCUT2D eigenvalue weighted by atomic mass is 127. The second kappa shape index (κ2) is 6.21. The van der Waals surface area contributed by atoms with Gasteiger partial charge in [0.05, 0.1) is 8.95 Å². The Kier molecular flexibility index (Phi) is 4.86. The topological polar surface area (TPSA) is 20.2 Å². The van der Waals surface area contributed by atoms with Crippen LogP contribution in [0.1, 0.15) is 11.1 Å². The van der Waals surface area contributed by atoms with Gasteiger partial charge in [0.2, 0.25) is 0 Å². The van der Waals surface area contributed by atoms with Crippen molar-refractivity contribution in [2.75, 3.05) is 0 Å². The van der Waals surface area contributed by atoms with Crippen LogP contribution in [-0.2, 0) is 0 Å². The average molecular weight is 480 g/mol. The molecule has 18 heavy (non-hydrogen) atoms. The molecule has 0 fully saturated rings. The summed E-state index contributed by atoms with van der Waals surface area (Å²) in [6.07, 6.45) is 4.08. The van der Waals surface area contributed by atoms with Gasteiger partial charge in [-0.15, -0.1) is 0 Å². The van der Waals surface area contributed by atoms with Gasteiger partial charge in [-0.3, -0.25) is 0 Å². The number of hydrogen-bond acceptors (Lipinski definition) is 1. The Labute approximate surface area is 136 Å². The van der Waals surface area contributed by atoms with Crippen molar-refractivity contribution in [1.82, 2.24) is 0 Å². The highest BCUT2D eigenvalue weighted by Gasteiger charge is 2.04. The highest BCUT2D eigenvalue weighted by molar-refractivity contribution is 14.1. The van der Waals surface area contributed by atoms with Gasteiger partial charge < -0.3 is 5.11 Å². The molecular weight excluding hydrogens is 471 g/mol. The van der Waals surface area contributed by atoms with E-state index in [4.69, 9.17) is 0 Å². The molecule has 1 nitrogen and oxygen atoms in total. The Morgan fingerprint density at radius 1 is 1.00 bits per heavy atom. The highest BCUT2D eigenvalue weighted by Crippen LogP contribution is 2.33. The summed E-state index contributed by atoms with van der Waals surface area (Å²) < 4.78 is 2.57. The number of aromatic hydroxyl groups is 1. The molecule has 0 aliphatic heterocycles. The quantitative estimate of drug-likeness (QED) is 0.433. The molecule has 0 atom stereocenters. The predicted molar refractivity (Wildman–Crippen MR) is 91.6 cm³/mol.